The summed E-state index contributed by atoms with van der Waals surface area (Å²) in [5.74, 6) is 2.06. The molecule has 4 aromatic rings. The van der Waals surface area contributed by atoms with Crippen LogP contribution in [0.25, 0.3) is 22.6 Å². The summed E-state index contributed by atoms with van der Waals surface area (Å²) in [5, 5.41) is 9.85. The van der Waals surface area contributed by atoms with Gasteiger partial charge in [0.2, 0.25) is 23.2 Å². The maximum absolute atomic E-state index is 12.9. The van der Waals surface area contributed by atoms with Gasteiger partial charge < -0.3 is 9.15 Å². The first kappa shape index (κ1) is 22.4. The Morgan fingerprint density at radius 1 is 1.09 bits per heavy atom. The molecule has 9 heteroatoms. The molecule has 1 atom stereocenters. The number of rotatable bonds is 5. The second-order valence-corrected chi connectivity index (χ2v) is 9.18. The SMILES string of the molecule is CCCSc1nnc2c(n1)O[C@@H](c1ccc(-c3ccc(Cl)cc3)o1)N(C(C)=O)c1ccccc1-2. The van der Waals surface area contributed by atoms with Gasteiger partial charge in [-0.05, 0) is 48.9 Å². The first-order valence-electron chi connectivity index (χ1n) is 10.8. The fraction of sp³-hybridized carbons (Fsp3) is 0.200. The number of halogens is 1. The lowest BCUT2D eigenvalue weighted by molar-refractivity contribution is -0.118. The van der Waals surface area contributed by atoms with Crippen molar-refractivity contribution in [3.8, 4) is 28.5 Å². The number of hydrogen-bond acceptors (Lipinski definition) is 7. The van der Waals surface area contributed by atoms with Crippen LogP contribution in [0.3, 0.4) is 0 Å². The monoisotopic (exact) mass is 492 g/mol. The number of para-hydroxylation sites is 1. The van der Waals surface area contributed by atoms with E-state index in [1.165, 1.54) is 18.7 Å². The van der Waals surface area contributed by atoms with E-state index in [1.54, 1.807) is 23.1 Å². The van der Waals surface area contributed by atoms with Crippen molar-refractivity contribution >= 4 is 35.0 Å². The molecule has 0 N–H and O–H groups in total. The van der Waals surface area contributed by atoms with Gasteiger partial charge in [-0.1, -0.05) is 48.5 Å². The minimum absolute atomic E-state index is 0.205. The Morgan fingerprint density at radius 3 is 2.65 bits per heavy atom. The van der Waals surface area contributed by atoms with Crippen LogP contribution in [-0.2, 0) is 4.79 Å². The second-order valence-electron chi connectivity index (χ2n) is 7.68. The zero-order valence-electron chi connectivity index (χ0n) is 18.6. The molecule has 0 saturated carbocycles. The first-order chi connectivity index (χ1) is 16.5. The van der Waals surface area contributed by atoms with Crippen LogP contribution in [-0.4, -0.2) is 26.8 Å². The van der Waals surface area contributed by atoms with E-state index in [-0.39, 0.29) is 5.91 Å². The van der Waals surface area contributed by atoms with Gasteiger partial charge in [-0.15, -0.1) is 10.2 Å². The lowest BCUT2D eigenvalue weighted by atomic mass is 10.1. The van der Waals surface area contributed by atoms with Crippen molar-refractivity contribution in [1.29, 1.82) is 0 Å². The molecule has 0 bridgehead atoms. The van der Waals surface area contributed by atoms with Crippen molar-refractivity contribution in [1.82, 2.24) is 15.2 Å². The Labute approximate surface area is 206 Å². The molecular formula is C25H21ClN4O3S. The van der Waals surface area contributed by atoms with Crippen molar-refractivity contribution in [2.75, 3.05) is 10.7 Å². The van der Waals surface area contributed by atoms with Crippen LogP contribution >= 0.6 is 23.4 Å². The van der Waals surface area contributed by atoms with E-state index in [0.29, 0.717) is 44.5 Å². The number of nitrogens with zero attached hydrogens (tertiary/aromatic N) is 4. The number of aromatic nitrogens is 3. The highest BCUT2D eigenvalue weighted by Crippen LogP contribution is 2.44. The van der Waals surface area contributed by atoms with Gasteiger partial charge in [0.25, 0.3) is 0 Å². The number of ether oxygens (including phenoxy) is 1. The van der Waals surface area contributed by atoms with Gasteiger partial charge in [0.15, 0.2) is 11.5 Å². The van der Waals surface area contributed by atoms with Crippen LogP contribution in [0.4, 0.5) is 5.69 Å². The molecule has 1 amide bonds. The van der Waals surface area contributed by atoms with Gasteiger partial charge in [0, 0.05) is 28.8 Å². The van der Waals surface area contributed by atoms with E-state index in [0.717, 1.165) is 17.7 Å². The van der Waals surface area contributed by atoms with Crippen molar-refractivity contribution in [2.45, 2.75) is 31.7 Å². The number of carbonyl (C=O) groups excluding carboxylic acids is 1. The average molecular weight is 493 g/mol. The highest BCUT2D eigenvalue weighted by molar-refractivity contribution is 7.99. The van der Waals surface area contributed by atoms with E-state index in [2.05, 4.69) is 22.1 Å². The Balaban J connectivity index is 1.62. The summed E-state index contributed by atoms with van der Waals surface area (Å²) in [7, 11) is 0. The summed E-state index contributed by atoms with van der Waals surface area (Å²) >= 11 is 7.53. The molecule has 0 saturated heterocycles. The number of thioether (sulfide) groups is 1. The fourth-order valence-corrected chi connectivity index (χ4v) is 4.51. The summed E-state index contributed by atoms with van der Waals surface area (Å²) < 4.78 is 12.5. The molecule has 2 aromatic heterocycles. The van der Waals surface area contributed by atoms with Gasteiger partial charge in [-0.3, -0.25) is 9.69 Å². The lowest BCUT2D eigenvalue weighted by Gasteiger charge is -2.28. The summed E-state index contributed by atoms with van der Waals surface area (Å²) in [5.41, 5.74) is 2.70. The molecule has 7 nitrogen and oxygen atoms in total. The molecule has 0 spiro atoms. The number of benzene rings is 2. The third kappa shape index (κ3) is 4.26. The normalized spacial score (nSPS) is 14.7. The van der Waals surface area contributed by atoms with E-state index in [4.69, 9.17) is 20.8 Å². The van der Waals surface area contributed by atoms with E-state index < -0.39 is 6.23 Å². The largest absolute Gasteiger partial charge is 0.455 e. The Bertz CT molecular complexity index is 1340. The van der Waals surface area contributed by atoms with Gasteiger partial charge in [-0.25, -0.2) is 0 Å². The maximum Gasteiger partial charge on any atom is 0.247 e. The molecule has 0 fully saturated rings. The van der Waals surface area contributed by atoms with Crippen molar-refractivity contribution < 1.29 is 13.9 Å². The summed E-state index contributed by atoms with van der Waals surface area (Å²) in [4.78, 5) is 19.1. The number of amides is 1. The maximum atomic E-state index is 12.9. The molecular weight excluding hydrogens is 472 g/mol. The molecule has 34 heavy (non-hydrogen) atoms. The third-order valence-electron chi connectivity index (χ3n) is 5.29. The minimum Gasteiger partial charge on any atom is -0.455 e. The van der Waals surface area contributed by atoms with Crippen molar-refractivity contribution in [2.24, 2.45) is 0 Å². The fourth-order valence-electron chi connectivity index (χ4n) is 3.75. The highest BCUT2D eigenvalue weighted by Gasteiger charge is 2.36. The molecule has 0 radical (unpaired) electrons. The summed E-state index contributed by atoms with van der Waals surface area (Å²) in [6.45, 7) is 3.58. The molecule has 3 heterocycles. The van der Waals surface area contributed by atoms with Crippen LogP contribution in [0, 0.1) is 0 Å². The minimum atomic E-state index is -0.873. The van der Waals surface area contributed by atoms with Crippen LogP contribution < -0.4 is 9.64 Å². The molecule has 0 unspecified atom stereocenters. The smallest absolute Gasteiger partial charge is 0.247 e. The number of anilines is 1. The number of carbonyl (C=O) groups is 1. The zero-order chi connectivity index (χ0) is 23.7. The third-order valence-corrected chi connectivity index (χ3v) is 6.58. The summed E-state index contributed by atoms with van der Waals surface area (Å²) in [6, 6.07) is 18.5. The number of furan rings is 1. The van der Waals surface area contributed by atoms with Crippen LogP contribution in [0.5, 0.6) is 5.88 Å². The number of hydrogen-bond donors (Lipinski definition) is 0. The zero-order valence-corrected chi connectivity index (χ0v) is 20.1. The van der Waals surface area contributed by atoms with Crippen LogP contribution in [0.1, 0.15) is 32.3 Å². The quantitative estimate of drug-likeness (QED) is 0.298. The molecule has 1 aliphatic rings. The first-order valence-corrected chi connectivity index (χ1v) is 12.2. The number of fused-ring (bicyclic) bond motifs is 3. The standard InChI is InChI=1S/C25H21ClN4O3S/c1-3-14-34-25-27-23-22(28-29-25)18-6-4-5-7-19(18)30(15(2)31)24(33-23)21-13-12-20(32-21)16-8-10-17(26)11-9-16/h4-13,24H,3,14H2,1-2H3/t24-/m0/s1. The Kier molecular flexibility index (Phi) is 6.26. The second kappa shape index (κ2) is 9.48. The van der Waals surface area contributed by atoms with E-state index in [9.17, 15) is 4.79 Å². The predicted octanol–water partition coefficient (Wildman–Crippen LogP) is 6.40. The van der Waals surface area contributed by atoms with E-state index in [1.807, 2.05) is 42.5 Å². The van der Waals surface area contributed by atoms with Gasteiger partial charge in [0.1, 0.15) is 5.76 Å². The van der Waals surface area contributed by atoms with Gasteiger partial charge in [-0.2, -0.15) is 4.98 Å². The molecule has 172 valence electrons. The molecule has 5 rings (SSSR count). The van der Waals surface area contributed by atoms with E-state index >= 15 is 0 Å². The summed E-state index contributed by atoms with van der Waals surface area (Å²) in [6.07, 6.45) is 0.108. The van der Waals surface area contributed by atoms with Crippen molar-refractivity contribution in [3.05, 3.63) is 71.4 Å². The van der Waals surface area contributed by atoms with Crippen molar-refractivity contribution in [3.63, 3.8) is 0 Å². The Morgan fingerprint density at radius 2 is 1.88 bits per heavy atom. The highest BCUT2D eigenvalue weighted by atomic mass is 35.5. The topological polar surface area (TPSA) is 81.3 Å². The van der Waals surface area contributed by atoms with Crippen LogP contribution in [0.2, 0.25) is 5.02 Å². The van der Waals surface area contributed by atoms with Crippen LogP contribution in [0.15, 0.2) is 70.2 Å². The molecule has 2 aromatic carbocycles. The predicted molar refractivity (Wildman–Crippen MR) is 132 cm³/mol. The lowest BCUT2D eigenvalue weighted by Crippen LogP contribution is -2.35. The Hall–Kier alpha value is -3.36. The molecule has 1 aliphatic heterocycles. The molecule has 0 aliphatic carbocycles. The average Bonchev–Trinajstić information content (AvgIpc) is 3.28. The van der Waals surface area contributed by atoms with Gasteiger partial charge in [0.05, 0.1) is 5.69 Å². The van der Waals surface area contributed by atoms with Gasteiger partial charge >= 0.3 is 0 Å².